The first-order valence-corrected chi connectivity index (χ1v) is 9.60. The van der Waals surface area contributed by atoms with Crippen molar-refractivity contribution >= 4 is 44.4 Å². The normalized spacial score (nSPS) is 11.4. The largest absolute Gasteiger partial charge is 0.454 e. The van der Waals surface area contributed by atoms with Crippen molar-refractivity contribution in [1.29, 1.82) is 0 Å². The molecule has 29 heavy (non-hydrogen) atoms. The molecule has 0 unspecified atom stereocenters. The van der Waals surface area contributed by atoms with Crippen LogP contribution in [0.15, 0.2) is 55.7 Å². The number of fused-ring (bicyclic) bond motifs is 2. The van der Waals surface area contributed by atoms with Gasteiger partial charge in [-0.3, -0.25) is 14.9 Å². The Bertz CT molecular complexity index is 1420. The molecule has 0 fully saturated rings. The molecule has 9 heteroatoms. The summed E-state index contributed by atoms with van der Waals surface area (Å²) in [5.41, 5.74) is 1.34. The summed E-state index contributed by atoms with van der Waals surface area (Å²) in [6.07, 6.45) is 1.36. The number of nitrogens with zero attached hydrogens (tertiary/aromatic N) is 3. The lowest BCUT2D eigenvalue weighted by atomic mass is 10.2. The molecule has 8 nitrogen and oxygen atoms in total. The molecular formula is C20H14N4O4S. The van der Waals surface area contributed by atoms with Gasteiger partial charge in [-0.25, -0.2) is 9.97 Å². The first-order chi connectivity index (χ1) is 14.0. The number of benzene rings is 1. The summed E-state index contributed by atoms with van der Waals surface area (Å²) < 4.78 is 12.6. The number of carbonyl (C=O) groups is 1. The van der Waals surface area contributed by atoms with E-state index in [0.29, 0.717) is 22.3 Å². The molecule has 0 aliphatic heterocycles. The van der Waals surface area contributed by atoms with Gasteiger partial charge in [-0.05, 0) is 19.1 Å². The zero-order chi connectivity index (χ0) is 20.1. The van der Waals surface area contributed by atoms with Gasteiger partial charge in [0.1, 0.15) is 28.8 Å². The van der Waals surface area contributed by atoms with E-state index in [1.165, 1.54) is 22.2 Å². The Morgan fingerprint density at radius 2 is 2.07 bits per heavy atom. The maximum atomic E-state index is 12.9. The number of carbonyl (C=O) groups excluding carboxylic acids is 1. The highest BCUT2D eigenvalue weighted by Gasteiger charge is 2.23. The molecule has 0 bridgehead atoms. The van der Waals surface area contributed by atoms with Crippen LogP contribution in [0.5, 0.6) is 0 Å². The van der Waals surface area contributed by atoms with Crippen LogP contribution in [0.25, 0.3) is 33.5 Å². The predicted octanol–water partition coefficient (Wildman–Crippen LogP) is 3.96. The number of amides is 1. The third kappa shape index (κ3) is 2.83. The summed E-state index contributed by atoms with van der Waals surface area (Å²) in [6, 6.07) is 9.58. The highest BCUT2D eigenvalue weighted by molar-refractivity contribution is 7.14. The molecular weight excluding hydrogens is 392 g/mol. The fourth-order valence-electron chi connectivity index (χ4n) is 3.17. The van der Waals surface area contributed by atoms with Crippen molar-refractivity contribution in [2.75, 3.05) is 5.32 Å². The van der Waals surface area contributed by atoms with Gasteiger partial charge in [0, 0.05) is 17.8 Å². The predicted molar refractivity (Wildman–Crippen MR) is 109 cm³/mol. The number of aromatic nitrogens is 3. The summed E-state index contributed by atoms with van der Waals surface area (Å²) in [4.78, 5) is 33.8. The van der Waals surface area contributed by atoms with Gasteiger partial charge in [0.15, 0.2) is 10.9 Å². The average Bonchev–Trinajstić information content (AvgIpc) is 3.40. The molecule has 144 valence electrons. The smallest absolute Gasteiger partial charge is 0.265 e. The lowest BCUT2D eigenvalue weighted by molar-refractivity contribution is 0.102. The van der Waals surface area contributed by atoms with Gasteiger partial charge in [-0.15, -0.1) is 11.3 Å². The first-order valence-electron chi connectivity index (χ1n) is 8.72. The van der Waals surface area contributed by atoms with Crippen LogP contribution in [0.4, 0.5) is 5.13 Å². The SMILES string of the molecule is Cc1oc2ncn(C)c(=O)c2c1C(=O)Nc1nc(-c2cc3ccccc3o2)cs1. The second-order valence-electron chi connectivity index (χ2n) is 6.51. The number of furan rings is 2. The monoisotopic (exact) mass is 406 g/mol. The van der Waals surface area contributed by atoms with Gasteiger partial charge in [0.05, 0.1) is 5.56 Å². The first kappa shape index (κ1) is 17.4. The second-order valence-corrected chi connectivity index (χ2v) is 7.37. The molecule has 5 aromatic rings. The maximum absolute atomic E-state index is 12.9. The van der Waals surface area contributed by atoms with Crippen molar-refractivity contribution < 1.29 is 13.6 Å². The zero-order valence-electron chi connectivity index (χ0n) is 15.4. The Morgan fingerprint density at radius 3 is 2.90 bits per heavy atom. The van der Waals surface area contributed by atoms with Crippen LogP contribution < -0.4 is 10.9 Å². The summed E-state index contributed by atoms with van der Waals surface area (Å²) in [7, 11) is 1.57. The van der Waals surface area contributed by atoms with Gasteiger partial charge in [-0.1, -0.05) is 18.2 Å². The third-order valence-corrected chi connectivity index (χ3v) is 5.34. The van der Waals surface area contributed by atoms with Gasteiger partial charge in [0.2, 0.25) is 5.71 Å². The average molecular weight is 406 g/mol. The van der Waals surface area contributed by atoms with Crippen LogP contribution in [0.1, 0.15) is 16.1 Å². The van der Waals surface area contributed by atoms with Crippen molar-refractivity contribution in [2.24, 2.45) is 7.05 Å². The molecule has 0 aliphatic rings. The molecule has 4 aromatic heterocycles. The number of anilines is 1. The standard InChI is InChI=1S/C20H14N4O4S/c1-10-15(16-18(27-10)21-9-24(2)19(16)26)17(25)23-20-22-12(8-29-20)14-7-11-5-3-4-6-13(11)28-14/h3-9H,1-2H3,(H,22,23,25). The van der Waals surface area contributed by atoms with Crippen LogP contribution in [0.2, 0.25) is 0 Å². The summed E-state index contributed by atoms with van der Waals surface area (Å²) >= 11 is 1.27. The van der Waals surface area contributed by atoms with Crippen LogP contribution >= 0.6 is 11.3 Å². The molecule has 0 radical (unpaired) electrons. The van der Waals surface area contributed by atoms with Gasteiger partial charge >= 0.3 is 0 Å². The molecule has 5 rings (SSSR count). The number of aryl methyl sites for hydroxylation is 2. The van der Waals surface area contributed by atoms with Crippen LogP contribution in [0, 0.1) is 6.92 Å². The van der Waals surface area contributed by atoms with E-state index in [2.05, 4.69) is 15.3 Å². The Kier molecular flexibility index (Phi) is 3.85. The van der Waals surface area contributed by atoms with Gasteiger partial charge in [0.25, 0.3) is 11.5 Å². The summed E-state index contributed by atoms with van der Waals surface area (Å²) in [5.74, 6) is 0.463. The lowest BCUT2D eigenvalue weighted by Gasteiger charge is -2.01. The fourth-order valence-corrected chi connectivity index (χ4v) is 3.87. The minimum absolute atomic E-state index is 0.137. The molecule has 4 heterocycles. The molecule has 0 saturated carbocycles. The van der Waals surface area contributed by atoms with Crippen molar-refractivity contribution in [1.82, 2.24) is 14.5 Å². The Labute approximate surface area is 167 Å². The van der Waals surface area contributed by atoms with E-state index in [1.807, 2.05) is 30.3 Å². The minimum Gasteiger partial charge on any atom is -0.454 e. The number of thiazole rings is 1. The Morgan fingerprint density at radius 1 is 1.24 bits per heavy atom. The van der Waals surface area contributed by atoms with Gasteiger partial charge < -0.3 is 13.4 Å². The van der Waals surface area contributed by atoms with E-state index >= 15 is 0 Å². The molecule has 1 amide bonds. The summed E-state index contributed by atoms with van der Waals surface area (Å²) in [5, 5.41) is 6.06. The van der Waals surface area contributed by atoms with Crippen molar-refractivity contribution in [3.63, 3.8) is 0 Å². The molecule has 1 N–H and O–H groups in total. The topological polar surface area (TPSA) is 103 Å². The lowest BCUT2D eigenvalue weighted by Crippen LogP contribution is -2.20. The second kappa shape index (κ2) is 6.42. The number of nitrogens with one attached hydrogen (secondary N) is 1. The van der Waals surface area contributed by atoms with E-state index in [1.54, 1.807) is 19.4 Å². The van der Waals surface area contributed by atoms with Crippen molar-refractivity contribution in [3.05, 3.63) is 63.7 Å². The van der Waals surface area contributed by atoms with Crippen LogP contribution in [-0.2, 0) is 7.05 Å². The van der Waals surface area contributed by atoms with E-state index < -0.39 is 5.91 Å². The maximum Gasteiger partial charge on any atom is 0.265 e. The number of hydrogen-bond acceptors (Lipinski definition) is 7. The molecule has 0 atom stereocenters. The summed E-state index contributed by atoms with van der Waals surface area (Å²) in [6.45, 7) is 1.62. The van der Waals surface area contributed by atoms with E-state index in [0.717, 1.165) is 11.0 Å². The molecule has 0 saturated heterocycles. The third-order valence-electron chi connectivity index (χ3n) is 4.58. The van der Waals surface area contributed by atoms with E-state index in [-0.39, 0.29) is 22.2 Å². The van der Waals surface area contributed by atoms with Gasteiger partial charge in [-0.2, -0.15) is 0 Å². The van der Waals surface area contributed by atoms with E-state index in [4.69, 9.17) is 8.83 Å². The minimum atomic E-state index is -0.475. The highest BCUT2D eigenvalue weighted by Crippen LogP contribution is 2.30. The molecule has 1 aromatic carbocycles. The van der Waals surface area contributed by atoms with Crippen LogP contribution in [0.3, 0.4) is 0 Å². The van der Waals surface area contributed by atoms with E-state index in [9.17, 15) is 9.59 Å². The molecule has 0 aliphatic carbocycles. The zero-order valence-corrected chi connectivity index (χ0v) is 16.2. The Hall–Kier alpha value is -3.72. The Balaban J connectivity index is 1.48. The number of rotatable bonds is 3. The number of hydrogen-bond donors (Lipinski definition) is 1. The van der Waals surface area contributed by atoms with Crippen LogP contribution in [-0.4, -0.2) is 20.4 Å². The molecule has 0 spiro atoms. The van der Waals surface area contributed by atoms with Crippen molar-refractivity contribution in [3.8, 4) is 11.5 Å². The number of para-hydroxylation sites is 1. The van der Waals surface area contributed by atoms with Crippen molar-refractivity contribution in [2.45, 2.75) is 6.92 Å². The fraction of sp³-hybridized carbons (Fsp3) is 0.100. The highest BCUT2D eigenvalue weighted by atomic mass is 32.1. The quantitative estimate of drug-likeness (QED) is 0.486.